The fourth-order valence-electron chi connectivity index (χ4n) is 3.46. The number of nitrogens with zero attached hydrogens (tertiary/aromatic N) is 1. The van der Waals surface area contributed by atoms with E-state index in [-0.39, 0.29) is 10.9 Å². The second kappa shape index (κ2) is 6.07. The van der Waals surface area contributed by atoms with E-state index in [0.717, 1.165) is 42.3 Å². The van der Waals surface area contributed by atoms with Crippen LogP contribution in [0.25, 0.3) is 11.1 Å². The molecule has 0 unspecified atom stereocenters. The molecule has 3 heterocycles. The lowest BCUT2D eigenvalue weighted by atomic mass is 9.82. The van der Waals surface area contributed by atoms with Gasteiger partial charge in [0.15, 0.2) is 5.58 Å². The maximum Gasteiger partial charge on any atom is 0.242 e. The fourth-order valence-corrected chi connectivity index (χ4v) is 4.74. The Kier molecular flexibility index (Phi) is 3.90. The molecule has 1 aliphatic carbocycles. The van der Waals surface area contributed by atoms with E-state index < -0.39 is 10.0 Å². The van der Waals surface area contributed by atoms with E-state index in [4.69, 9.17) is 4.42 Å². The second-order valence-electron chi connectivity index (χ2n) is 6.26. The number of rotatable bonds is 4. The van der Waals surface area contributed by atoms with Gasteiger partial charge in [0.25, 0.3) is 0 Å². The van der Waals surface area contributed by atoms with Crippen molar-refractivity contribution in [3.63, 3.8) is 0 Å². The normalized spacial score (nSPS) is 22.0. The first kappa shape index (κ1) is 15.4. The number of furan rings is 1. The molecule has 24 heavy (non-hydrogen) atoms. The van der Waals surface area contributed by atoms with E-state index in [9.17, 15) is 8.42 Å². The molecule has 1 aliphatic rings. The van der Waals surface area contributed by atoms with Gasteiger partial charge < -0.3 is 9.40 Å². The lowest BCUT2D eigenvalue weighted by molar-refractivity contribution is 0.373. The highest BCUT2D eigenvalue weighted by Gasteiger charge is 2.28. The van der Waals surface area contributed by atoms with Gasteiger partial charge in [0.2, 0.25) is 10.0 Å². The summed E-state index contributed by atoms with van der Waals surface area (Å²) in [5.74, 6) is 0.370. The van der Waals surface area contributed by atoms with Crippen molar-refractivity contribution in [1.82, 2.24) is 14.7 Å². The van der Waals surface area contributed by atoms with Crippen LogP contribution in [0.2, 0.25) is 0 Å². The number of aromatic nitrogens is 2. The molecule has 3 aromatic heterocycles. The smallest absolute Gasteiger partial charge is 0.242 e. The van der Waals surface area contributed by atoms with E-state index in [0.29, 0.717) is 5.92 Å². The van der Waals surface area contributed by atoms with Crippen LogP contribution in [0, 0.1) is 0 Å². The molecule has 6 nitrogen and oxygen atoms in total. The van der Waals surface area contributed by atoms with Crippen molar-refractivity contribution < 1.29 is 12.8 Å². The maximum atomic E-state index is 12.3. The van der Waals surface area contributed by atoms with Crippen molar-refractivity contribution in [2.45, 2.75) is 42.5 Å². The van der Waals surface area contributed by atoms with Gasteiger partial charge in [-0.15, -0.1) is 0 Å². The van der Waals surface area contributed by atoms with E-state index in [1.165, 1.54) is 6.20 Å². The SMILES string of the molecule is O=S(=O)(N[C@H]1CC[C@H](c2coc3cccnc32)CC1)c1cc[nH]c1. The summed E-state index contributed by atoms with van der Waals surface area (Å²) in [7, 11) is -3.43. The summed E-state index contributed by atoms with van der Waals surface area (Å²) >= 11 is 0. The number of aromatic amines is 1. The summed E-state index contributed by atoms with van der Waals surface area (Å²) in [6.45, 7) is 0. The Labute approximate surface area is 140 Å². The summed E-state index contributed by atoms with van der Waals surface area (Å²) in [6.07, 6.45) is 10.2. The largest absolute Gasteiger partial charge is 0.462 e. The molecule has 0 amide bonds. The van der Waals surface area contributed by atoms with Crippen LogP contribution in [0.15, 0.2) is 52.4 Å². The Balaban J connectivity index is 1.44. The van der Waals surface area contributed by atoms with Crippen LogP contribution in [0.3, 0.4) is 0 Å². The summed E-state index contributed by atoms with van der Waals surface area (Å²) in [6, 6.07) is 5.33. The van der Waals surface area contributed by atoms with Crippen LogP contribution in [0.5, 0.6) is 0 Å². The molecule has 0 spiro atoms. The number of hydrogen-bond acceptors (Lipinski definition) is 4. The number of sulfonamides is 1. The van der Waals surface area contributed by atoms with Crippen LogP contribution in [0.4, 0.5) is 0 Å². The molecule has 126 valence electrons. The molecule has 7 heteroatoms. The Bertz CT molecular complexity index is 923. The highest BCUT2D eigenvalue weighted by atomic mass is 32.2. The molecular formula is C17H19N3O3S. The predicted molar refractivity (Wildman–Crippen MR) is 90.1 cm³/mol. The van der Waals surface area contributed by atoms with Gasteiger partial charge in [-0.3, -0.25) is 4.98 Å². The molecule has 0 aromatic carbocycles. The molecule has 1 fully saturated rings. The number of fused-ring (bicyclic) bond motifs is 1. The molecule has 2 N–H and O–H groups in total. The first-order chi connectivity index (χ1) is 11.6. The van der Waals surface area contributed by atoms with Crippen LogP contribution < -0.4 is 4.72 Å². The van der Waals surface area contributed by atoms with Crippen LogP contribution in [-0.4, -0.2) is 24.4 Å². The summed E-state index contributed by atoms with van der Waals surface area (Å²) in [5, 5.41) is 0. The Morgan fingerprint density at radius 1 is 1.21 bits per heavy atom. The third kappa shape index (κ3) is 2.85. The number of nitrogens with one attached hydrogen (secondary N) is 2. The van der Waals surface area contributed by atoms with Gasteiger partial charge in [-0.25, -0.2) is 13.1 Å². The minimum atomic E-state index is -3.43. The van der Waals surface area contributed by atoms with Gasteiger partial charge in [-0.1, -0.05) is 0 Å². The molecule has 0 radical (unpaired) electrons. The summed E-state index contributed by atoms with van der Waals surface area (Å²) in [4.78, 5) is 7.49. The lowest BCUT2D eigenvalue weighted by Crippen LogP contribution is -2.37. The summed E-state index contributed by atoms with van der Waals surface area (Å²) < 4.78 is 33.0. The topological polar surface area (TPSA) is 88.0 Å². The van der Waals surface area contributed by atoms with Crippen molar-refractivity contribution in [3.05, 3.63) is 48.6 Å². The van der Waals surface area contributed by atoms with Gasteiger partial charge in [0, 0.05) is 30.2 Å². The van der Waals surface area contributed by atoms with E-state index in [1.807, 2.05) is 12.1 Å². The van der Waals surface area contributed by atoms with Crippen molar-refractivity contribution in [2.24, 2.45) is 0 Å². The zero-order chi connectivity index (χ0) is 16.6. The van der Waals surface area contributed by atoms with Crippen LogP contribution in [-0.2, 0) is 10.0 Å². The maximum absolute atomic E-state index is 12.3. The van der Waals surface area contributed by atoms with Gasteiger partial charge >= 0.3 is 0 Å². The second-order valence-corrected chi connectivity index (χ2v) is 7.97. The molecule has 0 bridgehead atoms. The Hall–Kier alpha value is -2.12. The van der Waals surface area contributed by atoms with E-state index in [2.05, 4.69) is 14.7 Å². The predicted octanol–water partition coefficient (Wildman–Crippen LogP) is 3.16. The minimum absolute atomic E-state index is 0.0210. The zero-order valence-electron chi connectivity index (χ0n) is 13.1. The first-order valence-electron chi connectivity index (χ1n) is 8.11. The van der Waals surface area contributed by atoms with Crippen molar-refractivity contribution in [3.8, 4) is 0 Å². The molecule has 4 rings (SSSR count). The molecule has 0 aliphatic heterocycles. The van der Waals surface area contributed by atoms with Gasteiger partial charge in [-0.05, 0) is 49.8 Å². The van der Waals surface area contributed by atoms with Crippen molar-refractivity contribution >= 4 is 21.1 Å². The Morgan fingerprint density at radius 3 is 2.79 bits per heavy atom. The van der Waals surface area contributed by atoms with Crippen LogP contribution in [0.1, 0.15) is 37.2 Å². The number of pyridine rings is 1. The van der Waals surface area contributed by atoms with Gasteiger partial charge in [0.1, 0.15) is 5.52 Å². The summed E-state index contributed by atoms with van der Waals surface area (Å²) in [5.41, 5.74) is 2.87. The van der Waals surface area contributed by atoms with Crippen LogP contribution >= 0.6 is 0 Å². The third-order valence-corrected chi connectivity index (χ3v) is 6.24. The first-order valence-corrected chi connectivity index (χ1v) is 9.59. The minimum Gasteiger partial charge on any atom is -0.462 e. The molecule has 0 saturated heterocycles. The van der Waals surface area contributed by atoms with Gasteiger partial charge in [-0.2, -0.15) is 0 Å². The molecule has 3 aromatic rings. The molecule has 1 saturated carbocycles. The Morgan fingerprint density at radius 2 is 2.04 bits per heavy atom. The quantitative estimate of drug-likeness (QED) is 0.760. The van der Waals surface area contributed by atoms with Gasteiger partial charge in [0.05, 0.1) is 11.2 Å². The highest BCUT2D eigenvalue weighted by molar-refractivity contribution is 7.89. The average molecular weight is 345 g/mol. The van der Waals surface area contributed by atoms with E-state index in [1.54, 1.807) is 24.7 Å². The van der Waals surface area contributed by atoms with Crippen molar-refractivity contribution in [2.75, 3.05) is 0 Å². The van der Waals surface area contributed by atoms with E-state index >= 15 is 0 Å². The zero-order valence-corrected chi connectivity index (χ0v) is 13.9. The number of H-pyrrole nitrogens is 1. The highest BCUT2D eigenvalue weighted by Crippen LogP contribution is 2.37. The average Bonchev–Trinajstić information content (AvgIpc) is 3.26. The monoisotopic (exact) mass is 345 g/mol. The third-order valence-electron chi connectivity index (χ3n) is 4.73. The standard InChI is InChI=1S/C17H19N3O3S/c21-24(22,14-7-9-18-10-14)20-13-5-3-12(4-6-13)15-11-23-16-2-1-8-19-17(15)16/h1-2,7-13,18,20H,3-6H2/t12-,13-. The molecular weight excluding hydrogens is 326 g/mol. The van der Waals surface area contributed by atoms with Crippen molar-refractivity contribution in [1.29, 1.82) is 0 Å². The fraction of sp³-hybridized carbons (Fsp3) is 0.353. The number of hydrogen-bond donors (Lipinski definition) is 2. The molecule has 0 atom stereocenters. The lowest BCUT2D eigenvalue weighted by Gasteiger charge is -2.28.